The molecule has 1 N–H and O–H groups in total. The lowest BCUT2D eigenvalue weighted by Gasteiger charge is -1.93. The third-order valence-corrected chi connectivity index (χ3v) is 2.84. The van der Waals surface area contributed by atoms with Crippen LogP contribution in [0, 0.1) is 0 Å². The number of benzene rings is 2. The van der Waals surface area contributed by atoms with E-state index in [9.17, 15) is 0 Å². The van der Waals surface area contributed by atoms with Gasteiger partial charge in [-0.05, 0) is 29.5 Å². The fourth-order valence-corrected chi connectivity index (χ4v) is 1.93. The molecule has 0 aliphatic carbocycles. The minimum absolute atomic E-state index is 1.21. The molecule has 1 heterocycles. The van der Waals surface area contributed by atoms with Crippen LogP contribution in [0.4, 0.5) is 0 Å². The van der Waals surface area contributed by atoms with Crippen molar-refractivity contribution in [1.82, 2.24) is 4.98 Å². The van der Waals surface area contributed by atoms with Crippen LogP contribution < -0.4 is 0 Å². The molecule has 0 saturated heterocycles. The molecule has 0 fully saturated rings. The Morgan fingerprint density at radius 1 is 0.833 bits per heavy atom. The molecule has 0 amide bonds. The third-order valence-electron chi connectivity index (χ3n) is 2.84. The zero-order valence-electron chi connectivity index (χ0n) is 10.8. The summed E-state index contributed by atoms with van der Waals surface area (Å²) in [5.41, 5.74) is 2.65. The van der Waals surface area contributed by atoms with Crippen molar-refractivity contribution in [2.24, 2.45) is 0 Å². The zero-order valence-corrected chi connectivity index (χ0v) is 10.8. The highest BCUT2D eigenvalue weighted by Gasteiger charge is 1.86. The minimum atomic E-state index is 1.21. The summed E-state index contributed by atoms with van der Waals surface area (Å²) in [4.78, 5) is 3.12. The first-order chi connectivity index (χ1) is 8.90. The topological polar surface area (TPSA) is 15.8 Å². The molecular weight excluding hydrogens is 218 g/mol. The molecule has 0 radical (unpaired) electrons. The summed E-state index contributed by atoms with van der Waals surface area (Å²) in [7, 11) is 0. The fraction of sp³-hybridized carbons (Fsp3) is 0.176. The lowest BCUT2D eigenvalue weighted by molar-refractivity contribution is 0.922. The highest BCUT2D eigenvalue weighted by Crippen LogP contribution is 2.09. The minimum Gasteiger partial charge on any atom is -0.361 e. The lowest BCUT2D eigenvalue weighted by Crippen LogP contribution is -1.78. The van der Waals surface area contributed by atoms with E-state index in [1.807, 2.05) is 18.3 Å². The van der Waals surface area contributed by atoms with Crippen LogP contribution in [0.15, 0.2) is 66.9 Å². The van der Waals surface area contributed by atoms with Gasteiger partial charge in [0.25, 0.3) is 0 Å². The van der Waals surface area contributed by atoms with Gasteiger partial charge in [-0.15, -0.1) is 0 Å². The van der Waals surface area contributed by atoms with Gasteiger partial charge in [0.05, 0.1) is 0 Å². The van der Waals surface area contributed by atoms with E-state index in [0.29, 0.717) is 0 Å². The average molecular weight is 237 g/mol. The maximum absolute atomic E-state index is 3.12. The Kier molecular flexibility index (Phi) is 4.60. The Balaban J connectivity index is 0.000000134. The summed E-state index contributed by atoms with van der Waals surface area (Å²) in [5.74, 6) is 0. The molecule has 1 nitrogen and oxygen atoms in total. The summed E-state index contributed by atoms with van der Waals surface area (Å²) >= 11 is 0. The molecular formula is C17H19N. The monoisotopic (exact) mass is 237 g/mol. The van der Waals surface area contributed by atoms with Gasteiger partial charge in [-0.1, -0.05) is 61.9 Å². The Morgan fingerprint density at radius 3 is 2.28 bits per heavy atom. The summed E-state index contributed by atoms with van der Waals surface area (Å²) < 4.78 is 0. The van der Waals surface area contributed by atoms with E-state index < -0.39 is 0 Å². The van der Waals surface area contributed by atoms with Crippen LogP contribution in [0.2, 0.25) is 0 Å². The number of aryl methyl sites for hydroxylation is 1. The number of para-hydroxylation sites is 1. The van der Waals surface area contributed by atoms with Gasteiger partial charge in [0.2, 0.25) is 0 Å². The van der Waals surface area contributed by atoms with Crippen molar-refractivity contribution in [3.63, 3.8) is 0 Å². The quantitative estimate of drug-likeness (QED) is 0.658. The maximum atomic E-state index is 3.12. The van der Waals surface area contributed by atoms with Crippen LogP contribution in [0.1, 0.15) is 18.9 Å². The van der Waals surface area contributed by atoms with Gasteiger partial charge in [0.15, 0.2) is 0 Å². The van der Waals surface area contributed by atoms with Crippen molar-refractivity contribution in [3.8, 4) is 0 Å². The van der Waals surface area contributed by atoms with Crippen LogP contribution in [-0.4, -0.2) is 4.98 Å². The van der Waals surface area contributed by atoms with Gasteiger partial charge >= 0.3 is 0 Å². The number of aromatic amines is 1. The molecule has 1 aromatic heterocycles. The Bertz CT molecular complexity index is 536. The smallest absolute Gasteiger partial charge is 0.0453 e. The predicted molar refractivity (Wildman–Crippen MR) is 78.7 cm³/mol. The van der Waals surface area contributed by atoms with E-state index >= 15 is 0 Å². The highest BCUT2D eigenvalue weighted by molar-refractivity contribution is 5.78. The van der Waals surface area contributed by atoms with E-state index in [1.165, 1.54) is 29.3 Å². The van der Waals surface area contributed by atoms with Crippen LogP contribution in [-0.2, 0) is 6.42 Å². The molecule has 3 rings (SSSR count). The van der Waals surface area contributed by atoms with Crippen molar-refractivity contribution >= 4 is 10.9 Å². The van der Waals surface area contributed by atoms with Crippen molar-refractivity contribution in [2.45, 2.75) is 19.8 Å². The number of aromatic nitrogens is 1. The second-order valence-electron chi connectivity index (χ2n) is 4.30. The first kappa shape index (κ1) is 12.4. The second kappa shape index (κ2) is 6.65. The molecule has 0 aliphatic heterocycles. The second-order valence-corrected chi connectivity index (χ2v) is 4.30. The SMILES string of the molecule is CCCc1ccccc1.c1ccc2[nH]ccc2c1. The molecule has 0 saturated carbocycles. The number of hydrogen-bond donors (Lipinski definition) is 1. The van der Waals surface area contributed by atoms with E-state index in [2.05, 4.69) is 60.4 Å². The van der Waals surface area contributed by atoms with Crippen molar-refractivity contribution in [3.05, 3.63) is 72.4 Å². The number of H-pyrrole nitrogens is 1. The Morgan fingerprint density at radius 2 is 1.56 bits per heavy atom. The van der Waals surface area contributed by atoms with E-state index in [-0.39, 0.29) is 0 Å². The number of hydrogen-bond acceptors (Lipinski definition) is 0. The van der Waals surface area contributed by atoms with Gasteiger partial charge in [0.1, 0.15) is 0 Å². The maximum Gasteiger partial charge on any atom is 0.0453 e. The molecule has 0 atom stereocenters. The molecule has 92 valence electrons. The summed E-state index contributed by atoms with van der Waals surface area (Å²) in [6, 6.07) is 20.9. The summed E-state index contributed by atoms with van der Waals surface area (Å²) in [6.45, 7) is 2.20. The van der Waals surface area contributed by atoms with E-state index in [4.69, 9.17) is 0 Å². The standard InChI is InChI=1S/C9H12.C8H7N/c1-2-6-9-7-4-3-5-8-9;1-2-4-8-7(3-1)5-6-9-8/h3-5,7-8H,2,6H2,1H3;1-6,9H. The molecule has 0 aliphatic rings. The number of fused-ring (bicyclic) bond motifs is 1. The average Bonchev–Trinajstić information content (AvgIpc) is 2.89. The van der Waals surface area contributed by atoms with E-state index in [0.717, 1.165) is 0 Å². The molecule has 1 heteroatoms. The first-order valence-electron chi connectivity index (χ1n) is 6.46. The normalized spacial score (nSPS) is 9.83. The van der Waals surface area contributed by atoms with Crippen LogP contribution in [0.5, 0.6) is 0 Å². The molecule has 0 unspecified atom stereocenters. The molecule has 2 aromatic carbocycles. The highest BCUT2D eigenvalue weighted by atomic mass is 14.6. The van der Waals surface area contributed by atoms with Crippen LogP contribution in [0.3, 0.4) is 0 Å². The van der Waals surface area contributed by atoms with Crippen LogP contribution in [0.25, 0.3) is 10.9 Å². The van der Waals surface area contributed by atoms with Gasteiger partial charge < -0.3 is 4.98 Å². The zero-order chi connectivity index (χ0) is 12.6. The lowest BCUT2D eigenvalue weighted by atomic mass is 10.1. The van der Waals surface area contributed by atoms with Gasteiger partial charge in [-0.3, -0.25) is 0 Å². The fourth-order valence-electron chi connectivity index (χ4n) is 1.93. The van der Waals surface area contributed by atoms with E-state index in [1.54, 1.807) is 0 Å². The summed E-state index contributed by atoms with van der Waals surface area (Å²) in [5, 5.41) is 1.28. The largest absolute Gasteiger partial charge is 0.361 e. The molecule has 0 bridgehead atoms. The third kappa shape index (κ3) is 3.49. The predicted octanol–water partition coefficient (Wildman–Crippen LogP) is 4.81. The molecule has 3 aromatic rings. The molecule has 0 spiro atoms. The van der Waals surface area contributed by atoms with Crippen molar-refractivity contribution in [1.29, 1.82) is 0 Å². The number of nitrogens with one attached hydrogen (secondary N) is 1. The Labute approximate surface area is 108 Å². The van der Waals surface area contributed by atoms with Crippen LogP contribution >= 0.6 is 0 Å². The number of rotatable bonds is 2. The van der Waals surface area contributed by atoms with Gasteiger partial charge in [0, 0.05) is 11.7 Å². The first-order valence-corrected chi connectivity index (χ1v) is 6.46. The van der Waals surface area contributed by atoms with Gasteiger partial charge in [-0.2, -0.15) is 0 Å². The van der Waals surface area contributed by atoms with Crippen molar-refractivity contribution < 1.29 is 0 Å². The summed E-state index contributed by atoms with van der Waals surface area (Å²) in [6.07, 6.45) is 4.40. The molecule has 18 heavy (non-hydrogen) atoms. The van der Waals surface area contributed by atoms with Gasteiger partial charge in [-0.25, -0.2) is 0 Å². The Hall–Kier alpha value is -2.02. The van der Waals surface area contributed by atoms with Crippen molar-refractivity contribution in [2.75, 3.05) is 0 Å².